The Kier molecular flexibility index (Phi) is 8.19. The monoisotopic (exact) mass is 403 g/mol. The van der Waals surface area contributed by atoms with Crippen molar-refractivity contribution in [1.29, 1.82) is 0 Å². The second-order valence-electron chi connectivity index (χ2n) is 6.06. The van der Waals surface area contributed by atoms with Gasteiger partial charge in [-0.15, -0.1) is 11.8 Å². The molecule has 0 radical (unpaired) electrons. The van der Waals surface area contributed by atoms with Crippen LogP contribution in [0, 0.1) is 0 Å². The number of carbonyl (C=O) groups excluding carboxylic acids is 2. The van der Waals surface area contributed by atoms with Gasteiger partial charge in [-0.2, -0.15) is 0 Å². The molecule has 0 saturated carbocycles. The number of thioether (sulfide) groups is 1. The number of carbonyl (C=O) groups is 2. The van der Waals surface area contributed by atoms with E-state index in [4.69, 9.17) is 14.2 Å². The Morgan fingerprint density at radius 2 is 1.68 bits per heavy atom. The van der Waals surface area contributed by atoms with Crippen LogP contribution in [0.25, 0.3) is 0 Å². The van der Waals surface area contributed by atoms with Gasteiger partial charge in [0.15, 0.2) is 17.6 Å². The number of benzene rings is 2. The number of nitrogens with one attached hydrogen (secondary N) is 1. The van der Waals surface area contributed by atoms with Crippen LogP contribution in [0.5, 0.6) is 11.5 Å². The van der Waals surface area contributed by atoms with Crippen molar-refractivity contribution >= 4 is 23.6 Å². The molecule has 0 aromatic heterocycles. The fourth-order valence-corrected chi connectivity index (χ4v) is 3.27. The van der Waals surface area contributed by atoms with Crippen LogP contribution in [0.3, 0.4) is 0 Å². The van der Waals surface area contributed by atoms with Crippen LogP contribution in [0.1, 0.15) is 19.4 Å². The lowest BCUT2D eigenvalue weighted by molar-refractivity contribution is -0.154. The van der Waals surface area contributed by atoms with Gasteiger partial charge in [0.1, 0.15) is 5.25 Å². The number of esters is 1. The van der Waals surface area contributed by atoms with Crippen LogP contribution in [0.15, 0.2) is 53.4 Å². The summed E-state index contributed by atoms with van der Waals surface area (Å²) in [7, 11) is 3.11. The van der Waals surface area contributed by atoms with Gasteiger partial charge in [0.2, 0.25) is 0 Å². The van der Waals surface area contributed by atoms with E-state index in [0.717, 1.165) is 10.5 Å². The molecular weight excluding hydrogens is 378 g/mol. The number of hydrogen-bond donors (Lipinski definition) is 1. The number of rotatable bonds is 9. The number of hydrogen-bond acceptors (Lipinski definition) is 6. The van der Waals surface area contributed by atoms with Gasteiger partial charge in [-0.05, 0) is 43.7 Å². The van der Waals surface area contributed by atoms with Crippen molar-refractivity contribution in [2.45, 2.75) is 36.6 Å². The minimum atomic E-state index is -0.883. The molecule has 0 spiro atoms. The Labute approximate surface area is 169 Å². The highest BCUT2D eigenvalue weighted by molar-refractivity contribution is 8.00. The lowest BCUT2D eigenvalue weighted by atomic mass is 10.2. The molecule has 0 unspecified atom stereocenters. The summed E-state index contributed by atoms with van der Waals surface area (Å²) in [5.41, 5.74) is 0.845. The highest BCUT2D eigenvalue weighted by Gasteiger charge is 2.22. The predicted octanol–water partition coefficient (Wildman–Crippen LogP) is 3.43. The fraction of sp³-hybridized carbons (Fsp3) is 0.333. The second kappa shape index (κ2) is 10.6. The number of amides is 1. The molecule has 150 valence electrons. The van der Waals surface area contributed by atoms with E-state index in [0.29, 0.717) is 11.5 Å². The van der Waals surface area contributed by atoms with Crippen molar-refractivity contribution in [2.24, 2.45) is 0 Å². The topological polar surface area (TPSA) is 73.9 Å². The zero-order valence-corrected chi connectivity index (χ0v) is 17.2. The first-order chi connectivity index (χ1) is 13.4. The highest BCUT2D eigenvalue weighted by Crippen LogP contribution is 2.27. The van der Waals surface area contributed by atoms with Crippen molar-refractivity contribution in [2.75, 3.05) is 14.2 Å². The summed E-state index contributed by atoms with van der Waals surface area (Å²) in [5, 5.41) is 2.35. The predicted molar refractivity (Wildman–Crippen MR) is 109 cm³/mol. The molecule has 0 aliphatic heterocycles. The minimum Gasteiger partial charge on any atom is -0.493 e. The van der Waals surface area contributed by atoms with Crippen molar-refractivity contribution in [1.82, 2.24) is 5.32 Å². The van der Waals surface area contributed by atoms with Crippen molar-refractivity contribution < 1.29 is 23.8 Å². The van der Waals surface area contributed by atoms with Crippen LogP contribution < -0.4 is 14.8 Å². The first kappa shape index (κ1) is 21.6. The molecule has 0 bridgehead atoms. The summed E-state index contributed by atoms with van der Waals surface area (Å²) in [6.45, 7) is 3.60. The molecule has 2 aromatic carbocycles. The molecule has 28 heavy (non-hydrogen) atoms. The van der Waals surface area contributed by atoms with Gasteiger partial charge in [0.25, 0.3) is 5.91 Å². The Morgan fingerprint density at radius 3 is 2.32 bits per heavy atom. The number of ether oxygens (including phenoxy) is 3. The van der Waals surface area contributed by atoms with Crippen LogP contribution in [0.2, 0.25) is 0 Å². The minimum absolute atomic E-state index is 0.287. The average Bonchev–Trinajstić information content (AvgIpc) is 2.72. The summed E-state index contributed by atoms with van der Waals surface area (Å²) in [6.07, 6.45) is -0.883. The molecule has 0 aliphatic rings. The van der Waals surface area contributed by atoms with Crippen molar-refractivity contribution in [3.63, 3.8) is 0 Å². The molecule has 1 N–H and O–H groups in total. The molecule has 0 aliphatic carbocycles. The summed E-state index contributed by atoms with van der Waals surface area (Å²) < 4.78 is 15.7. The molecule has 1 amide bonds. The van der Waals surface area contributed by atoms with Gasteiger partial charge in [-0.25, -0.2) is 0 Å². The summed E-state index contributed by atoms with van der Waals surface area (Å²) in [6, 6.07) is 15.0. The van der Waals surface area contributed by atoms with Crippen molar-refractivity contribution in [3.8, 4) is 11.5 Å². The third-order valence-electron chi connectivity index (χ3n) is 3.96. The van der Waals surface area contributed by atoms with E-state index in [-0.39, 0.29) is 12.5 Å². The standard InChI is InChI=1S/C21H25NO5S/c1-14(27-21(24)15(2)28-17-8-6-5-7-9-17)20(23)22-13-16-10-11-18(25-3)19(12-16)26-4/h5-12,14-15H,13H2,1-4H3,(H,22,23)/t14-,15+/m1/s1. The zero-order chi connectivity index (χ0) is 20.5. The lowest BCUT2D eigenvalue weighted by Crippen LogP contribution is -2.36. The molecule has 2 atom stereocenters. The Bertz CT molecular complexity index is 797. The fourth-order valence-electron chi connectivity index (χ4n) is 2.40. The molecular formula is C21H25NO5S. The SMILES string of the molecule is COc1ccc(CNC(=O)[C@@H](C)OC(=O)[C@H](C)Sc2ccccc2)cc1OC. The van der Waals surface area contributed by atoms with Crippen molar-refractivity contribution in [3.05, 3.63) is 54.1 Å². The summed E-state index contributed by atoms with van der Waals surface area (Å²) in [4.78, 5) is 25.5. The van der Waals surface area contributed by atoms with E-state index in [1.54, 1.807) is 40.2 Å². The van der Waals surface area contributed by atoms with Gasteiger partial charge in [-0.1, -0.05) is 24.3 Å². The van der Waals surface area contributed by atoms with Gasteiger partial charge in [0, 0.05) is 11.4 Å². The van der Waals surface area contributed by atoms with Crippen LogP contribution in [-0.4, -0.2) is 37.4 Å². The largest absolute Gasteiger partial charge is 0.493 e. The van der Waals surface area contributed by atoms with E-state index >= 15 is 0 Å². The van der Waals surface area contributed by atoms with Crippen LogP contribution in [0.4, 0.5) is 0 Å². The number of methoxy groups -OCH3 is 2. The normalized spacial score (nSPS) is 12.6. The van der Waals surface area contributed by atoms with Gasteiger partial charge in [-0.3, -0.25) is 9.59 Å². The van der Waals surface area contributed by atoms with Crippen LogP contribution >= 0.6 is 11.8 Å². The highest BCUT2D eigenvalue weighted by atomic mass is 32.2. The first-order valence-electron chi connectivity index (χ1n) is 8.85. The maximum absolute atomic E-state index is 12.3. The molecule has 2 aromatic rings. The van der Waals surface area contributed by atoms with E-state index in [9.17, 15) is 9.59 Å². The quantitative estimate of drug-likeness (QED) is 0.511. The zero-order valence-electron chi connectivity index (χ0n) is 16.4. The summed E-state index contributed by atoms with van der Waals surface area (Å²) >= 11 is 1.39. The van der Waals surface area contributed by atoms with E-state index < -0.39 is 17.3 Å². The Morgan fingerprint density at radius 1 is 1.00 bits per heavy atom. The third kappa shape index (κ3) is 6.20. The van der Waals surface area contributed by atoms with Crippen LogP contribution in [-0.2, 0) is 20.9 Å². The molecule has 7 heteroatoms. The Hall–Kier alpha value is -2.67. The maximum atomic E-state index is 12.3. The molecule has 2 rings (SSSR count). The molecule has 6 nitrogen and oxygen atoms in total. The first-order valence-corrected chi connectivity index (χ1v) is 9.73. The van der Waals surface area contributed by atoms with Gasteiger partial charge < -0.3 is 19.5 Å². The molecule has 0 heterocycles. The van der Waals surface area contributed by atoms with Gasteiger partial charge >= 0.3 is 5.97 Å². The molecule has 0 saturated heterocycles. The summed E-state index contributed by atoms with van der Waals surface area (Å²) in [5.74, 6) is 0.410. The maximum Gasteiger partial charge on any atom is 0.319 e. The second-order valence-corrected chi connectivity index (χ2v) is 7.47. The smallest absolute Gasteiger partial charge is 0.319 e. The van der Waals surface area contributed by atoms with E-state index in [1.807, 2.05) is 36.4 Å². The molecule has 0 fully saturated rings. The van der Waals surface area contributed by atoms with E-state index in [2.05, 4.69) is 5.32 Å². The van der Waals surface area contributed by atoms with E-state index in [1.165, 1.54) is 11.8 Å². The lowest BCUT2D eigenvalue weighted by Gasteiger charge is -2.17. The average molecular weight is 404 g/mol. The van der Waals surface area contributed by atoms with Gasteiger partial charge in [0.05, 0.1) is 14.2 Å². The third-order valence-corrected chi connectivity index (χ3v) is 5.06. The Balaban J connectivity index is 1.84.